The number of rotatable bonds is 7. The largest absolute Gasteiger partial charge is 0.494 e. The molecule has 0 spiro atoms. The fraction of sp³-hybridized carbons (Fsp3) is 0.333. The quantitative estimate of drug-likeness (QED) is 0.519. The Labute approximate surface area is 161 Å². The Morgan fingerprint density at radius 1 is 1.11 bits per heavy atom. The highest BCUT2D eigenvalue weighted by Crippen LogP contribution is 2.20. The molecule has 27 heavy (non-hydrogen) atoms. The first-order valence-electron chi connectivity index (χ1n) is 9.05. The number of nitrogens with zero attached hydrogens (tertiary/aromatic N) is 1. The van der Waals surface area contributed by atoms with Crippen molar-refractivity contribution in [2.75, 3.05) is 20.7 Å². The minimum Gasteiger partial charge on any atom is -0.494 e. The molecule has 0 aromatic heterocycles. The van der Waals surface area contributed by atoms with Crippen LogP contribution in [0.4, 0.5) is 0 Å². The first-order valence-corrected chi connectivity index (χ1v) is 9.05. The maximum absolute atomic E-state index is 11.7. The number of hydrogen-bond donors (Lipinski definition) is 3. The van der Waals surface area contributed by atoms with E-state index in [1.165, 1.54) is 5.56 Å². The second kappa shape index (κ2) is 10.2. The molecule has 2 aromatic rings. The Kier molecular flexibility index (Phi) is 7.67. The molecular formula is C21H28N4O2. The molecule has 0 saturated carbocycles. The van der Waals surface area contributed by atoms with Crippen molar-refractivity contribution in [2.45, 2.75) is 26.9 Å². The van der Waals surface area contributed by atoms with Crippen molar-refractivity contribution >= 4 is 11.9 Å². The highest BCUT2D eigenvalue weighted by atomic mass is 16.5. The van der Waals surface area contributed by atoms with Crippen LogP contribution in [0.5, 0.6) is 5.75 Å². The number of carbonyl (C=O) groups excluding carboxylic acids is 1. The number of aliphatic imine (C=N–C) groups is 1. The van der Waals surface area contributed by atoms with Gasteiger partial charge < -0.3 is 20.7 Å². The zero-order chi connectivity index (χ0) is 19.6. The smallest absolute Gasteiger partial charge is 0.251 e. The first kappa shape index (κ1) is 20.3. The summed E-state index contributed by atoms with van der Waals surface area (Å²) in [6, 6.07) is 13.7. The van der Waals surface area contributed by atoms with Gasteiger partial charge in [0.25, 0.3) is 5.91 Å². The van der Waals surface area contributed by atoms with Crippen molar-refractivity contribution in [3.63, 3.8) is 0 Å². The number of aryl methyl sites for hydroxylation is 1. The first-order chi connectivity index (χ1) is 13.1. The maximum atomic E-state index is 11.7. The van der Waals surface area contributed by atoms with Gasteiger partial charge in [-0.25, -0.2) is 0 Å². The van der Waals surface area contributed by atoms with Crippen LogP contribution >= 0.6 is 0 Å². The number of carbonyl (C=O) groups is 1. The predicted molar refractivity (Wildman–Crippen MR) is 109 cm³/mol. The molecule has 0 fully saturated rings. The van der Waals surface area contributed by atoms with Crippen LogP contribution in [0.15, 0.2) is 47.5 Å². The van der Waals surface area contributed by atoms with Gasteiger partial charge in [-0.15, -0.1) is 0 Å². The molecule has 3 N–H and O–H groups in total. The van der Waals surface area contributed by atoms with Crippen molar-refractivity contribution in [2.24, 2.45) is 4.99 Å². The molecule has 2 rings (SSSR count). The van der Waals surface area contributed by atoms with E-state index >= 15 is 0 Å². The molecule has 0 aliphatic carbocycles. The van der Waals surface area contributed by atoms with Crippen molar-refractivity contribution < 1.29 is 9.53 Å². The highest BCUT2D eigenvalue weighted by molar-refractivity contribution is 5.94. The molecule has 2 aromatic carbocycles. The summed E-state index contributed by atoms with van der Waals surface area (Å²) in [5.74, 6) is 1.48. The summed E-state index contributed by atoms with van der Waals surface area (Å²) in [7, 11) is 3.36. The fourth-order valence-corrected chi connectivity index (χ4v) is 2.65. The lowest BCUT2D eigenvalue weighted by atomic mass is 10.1. The monoisotopic (exact) mass is 368 g/mol. The molecule has 0 saturated heterocycles. The van der Waals surface area contributed by atoms with Gasteiger partial charge in [0.2, 0.25) is 0 Å². The molecule has 0 atom stereocenters. The summed E-state index contributed by atoms with van der Waals surface area (Å²) in [5.41, 5.74) is 3.89. The molecular weight excluding hydrogens is 340 g/mol. The summed E-state index contributed by atoms with van der Waals surface area (Å²) in [5, 5.41) is 9.21. The average Bonchev–Trinajstić information content (AvgIpc) is 2.69. The van der Waals surface area contributed by atoms with Gasteiger partial charge in [-0.1, -0.05) is 24.3 Å². The standard InChI is InChI=1S/C21H28N4O2/c1-5-27-19-11-15(2)9-10-18(19)14-25-21(23-4)24-13-16-7-6-8-17(12-16)20(26)22-3/h6-12H,5,13-14H2,1-4H3,(H,22,26)(H2,23,24,25). The van der Waals surface area contributed by atoms with Crippen LogP contribution in [0.3, 0.4) is 0 Å². The molecule has 1 amide bonds. The molecule has 0 aliphatic heterocycles. The summed E-state index contributed by atoms with van der Waals surface area (Å²) in [6.45, 7) is 5.83. The minimum atomic E-state index is -0.0952. The summed E-state index contributed by atoms with van der Waals surface area (Å²) >= 11 is 0. The van der Waals surface area contributed by atoms with Crippen molar-refractivity contribution in [3.05, 3.63) is 64.7 Å². The van der Waals surface area contributed by atoms with Gasteiger partial charge in [0.05, 0.1) is 6.61 Å². The van der Waals surface area contributed by atoms with Crippen LogP contribution in [0.1, 0.15) is 34.0 Å². The predicted octanol–water partition coefficient (Wildman–Crippen LogP) is 2.62. The number of nitrogens with one attached hydrogen (secondary N) is 3. The number of guanidine groups is 1. The van der Waals surface area contributed by atoms with Crippen LogP contribution in [-0.4, -0.2) is 32.6 Å². The van der Waals surface area contributed by atoms with E-state index in [4.69, 9.17) is 4.74 Å². The van der Waals surface area contributed by atoms with Crippen molar-refractivity contribution in [1.29, 1.82) is 0 Å². The lowest BCUT2D eigenvalue weighted by Gasteiger charge is -2.15. The van der Waals surface area contributed by atoms with E-state index in [-0.39, 0.29) is 5.91 Å². The van der Waals surface area contributed by atoms with E-state index in [0.717, 1.165) is 16.9 Å². The van der Waals surface area contributed by atoms with Gasteiger partial charge in [0, 0.05) is 38.3 Å². The van der Waals surface area contributed by atoms with Crippen LogP contribution in [0, 0.1) is 6.92 Å². The van der Waals surface area contributed by atoms with Gasteiger partial charge in [-0.2, -0.15) is 0 Å². The average molecular weight is 368 g/mol. The Bertz CT molecular complexity index is 803. The minimum absolute atomic E-state index is 0.0952. The van der Waals surface area contributed by atoms with Crippen molar-refractivity contribution in [1.82, 2.24) is 16.0 Å². The Hall–Kier alpha value is -3.02. The van der Waals surface area contributed by atoms with Crippen LogP contribution in [-0.2, 0) is 13.1 Å². The zero-order valence-electron chi connectivity index (χ0n) is 16.4. The SMILES string of the molecule is CCOc1cc(C)ccc1CNC(=NC)NCc1cccc(C(=O)NC)c1. The van der Waals surface area contributed by atoms with E-state index < -0.39 is 0 Å². The second-order valence-corrected chi connectivity index (χ2v) is 6.10. The van der Waals surface area contributed by atoms with Crippen LogP contribution < -0.4 is 20.7 Å². The molecule has 144 valence electrons. The number of hydrogen-bond acceptors (Lipinski definition) is 3. The second-order valence-electron chi connectivity index (χ2n) is 6.10. The summed E-state index contributed by atoms with van der Waals surface area (Å²) in [4.78, 5) is 16.0. The lowest BCUT2D eigenvalue weighted by molar-refractivity contribution is 0.0963. The van der Waals surface area contributed by atoms with Crippen LogP contribution in [0.2, 0.25) is 0 Å². The molecule has 6 heteroatoms. The van der Waals surface area contributed by atoms with Gasteiger partial charge in [-0.3, -0.25) is 9.79 Å². The topological polar surface area (TPSA) is 74.8 Å². The number of amides is 1. The lowest BCUT2D eigenvalue weighted by Crippen LogP contribution is -2.36. The van der Waals surface area contributed by atoms with E-state index in [1.54, 1.807) is 20.2 Å². The van der Waals surface area contributed by atoms with Gasteiger partial charge >= 0.3 is 0 Å². The number of benzene rings is 2. The van der Waals surface area contributed by atoms with E-state index in [0.29, 0.717) is 31.2 Å². The molecule has 0 bridgehead atoms. The van der Waals surface area contributed by atoms with Gasteiger partial charge in [0.15, 0.2) is 5.96 Å². The Morgan fingerprint density at radius 3 is 2.59 bits per heavy atom. The van der Waals surface area contributed by atoms with Gasteiger partial charge in [-0.05, 0) is 43.2 Å². The molecule has 0 radical (unpaired) electrons. The van der Waals surface area contributed by atoms with Crippen LogP contribution in [0.25, 0.3) is 0 Å². The Balaban J connectivity index is 1.96. The zero-order valence-corrected chi connectivity index (χ0v) is 16.4. The fourth-order valence-electron chi connectivity index (χ4n) is 2.65. The summed E-state index contributed by atoms with van der Waals surface area (Å²) < 4.78 is 5.72. The van der Waals surface area contributed by atoms with E-state index in [1.807, 2.05) is 38.1 Å². The molecule has 0 aliphatic rings. The third kappa shape index (κ3) is 6.02. The maximum Gasteiger partial charge on any atom is 0.251 e. The summed E-state index contributed by atoms with van der Waals surface area (Å²) in [6.07, 6.45) is 0. The highest BCUT2D eigenvalue weighted by Gasteiger charge is 2.07. The molecule has 6 nitrogen and oxygen atoms in total. The third-order valence-electron chi connectivity index (χ3n) is 4.07. The van der Waals surface area contributed by atoms with Gasteiger partial charge in [0.1, 0.15) is 5.75 Å². The van der Waals surface area contributed by atoms with Crippen molar-refractivity contribution in [3.8, 4) is 5.75 Å². The number of ether oxygens (including phenoxy) is 1. The van der Waals surface area contributed by atoms with E-state index in [9.17, 15) is 4.79 Å². The molecule has 0 unspecified atom stereocenters. The third-order valence-corrected chi connectivity index (χ3v) is 4.07. The van der Waals surface area contributed by atoms with E-state index in [2.05, 4.69) is 33.1 Å². The normalized spacial score (nSPS) is 11.0. The Morgan fingerprint density at radius 2 is 1.89 bits per heavy atom. The molecule has 0 heterocycles.